The fourth-order valence-corrected chi connectivity index (χ4v) is 1.90. The Hall–Kier alpha value is -1.62. The van der Waals surface area contributed by atoms with Crippen LogP contribution in [-0.4, -0.2) is 25.8 Å². The van der Waals surface area contributed by atoms with Crippen molar-refractivity contribution in [1.29, 1.82) is 0 Å². The van der Waals surface area contributed by atoms with Crippen molar-refractivity contribution in [3.05, 3.63) is 29.6 Å². The number of esters is 1. The molecule has 2 N–H and O–H groups in total. The molecule has 5 heteroatoms. The lowest BCUT2D eigenvalue weighted by atomic mass is 10.0. The molecule has 1 heterocycles. The standard InChI is InChI=1S/C13H16FNO3/c14-10-1-2-11(12(15)7-10)13(16)18-8-9-3-5-17-6-4-9/h1-2,7,9H,3-6,8,15H2. The second-order valence-electron chi connectivity index (χ2n) is 4.39. The molecule has 0 amide bonds. The number of nitrogen functional groups attached to an aromatic ring is 1. The average molecular weight is 253 g/mol. The zero-order valence-corrected chi connectivity index (χ0v) is 10.0. The monoisotopic (exact) mass is 253 g/mol. The van der Waals surface area contributed by atoms with Crippen molar-refractivity contribution in [2.75, 3.05) is 25.6 Å². The molecule has 0 radical (unpaired) electrons. The molecule has 0 bridgehead atoms. The van der Waals surface area contributed by atoms with Crippen LogP contribution < -0.4 is 5.73 Å². The van der Waals surface area contributed by atoms with E-state index < -0.39 is 11.8 Å². The molecular formula is C13H16FNO3. The van der Waals surface area contributed by atoms with E-state index in [1.165, 1.54) is 12.1 Å². The van der Waals surface area contributed by atoms with Crippen LogP contribution in [0.25, 0.3) is 0 Å². The highest BCUT2D eigenvalue weighted by molar-refractivity contribution is 5.94. The topological polar surface area (TPSA) is 61.6 Å². The summed E-state index contributed by atoms with van der Waals surface area (Å²) in [6.07, 6.45) is 1.79. The van der Waals surface area contributed by atoms with Crippen molar-refractivity contribution >= 4 is 11.7 Å². The summed E-state index contributed by atoms with van der Waals surface area (Å²) in [5.41, 5.74) is 5.89. The van der Waals surface area contributed by atoms with Crippen LogP contribution in [0.5, 0.6) is 0 Å². The van der Waals surface area contributed by atoms with Crippen molar-refractivity contribution in [2.24, 2.45) is 5.92 Å². The first-order chi connectivity index (χ1) is 8.66. The Bertz CT molecular complexity index is 430. The Labute approximate surface area is 105 Å². The summed E-state index contributed by atoms with van der Waals surface area (Å²) in [4.78, 5) is 11.8. The molecule has 18 heavy (non-hydrogen) atoms. The molecular weight excluding hydrogens is 237 g/mol. The third-order valence-corrected chi connectivity index (χ3v) is 3.02. The van der Waals surface area contributed by atoms with Crippen molar-refractivity contribution in [1.82, 2.24) is 0 Å². The number of carbonyl (C=O) groups excluding carboxylic acids is 1. The number of carbonyl (C=O) groups is 1. The number of hydrogen-bond acceptors (Lipinski definition) is 4. The molecule has 0 atom stereocenters. The van der Waals surface area contributed by atoms with E-state index in [0.29, 0.717) is 25.7 Å². The molecule has 1 aromatic carbocycles. The van der Waals surface area contributed by atoms with Gasteiger partial charge in [-0.3, -0.25) is 0 Å². The molecule has 2 rings (SSSR count). The maximum absolute atomic E-state index is 12.8. The molecule has 0 unspecified atom stereocenters. The van der Waals surface area contributed by atoms with Gasteiger partial charge in [0.25, 0.3) is 0 Å². The Morgan fingerprint density at radius 3 is 2.83 bits per heavy atom. The summed E-state index contributed by atoms with van der Waals surface area (Å²) < 4.78 is 23.3. The first kappa shape index (κ1) is 12.8. The third-order valence-electron chi connectivity index (χ3n) is 3.02. The zero-order valence-electron chi connectivity index (χ0n) is 10.0. The van der Waals surface area contributed by atoms with Crippen LogP contribution in [0.1, 0.15) is 23.2 Å². The maximum Gasteiger partial charge on any atom is 0.340 e. The number of nitrogens with two attached hydrogens (primary N) is 1. The summed E-state index contributed by atoms with van der Waals surface area (Å²) in [6.45, 7) is 1.78. The second-order valence-corrected chi connectivity index (χ2v) is 4.39. The summed E-state index contributed by atoms with van der Waals surface area (Å²) in [5, 5.41) is 0. The van der Waals surface area contributed by atoms with Crippen molar-refractivity contribution in [2.45, 2.75) is 12.8 Å². The Morgan fingerprint density at radius 2 is 2.17 bits per heavy atom. The van der Waals surface area contributed by atoms with Crippen LogP contribution in [0.4, 0.5) is 10.1 Å². The molecule has 0 saturated carbocycles. The summed E-state index contributed by atoms with van der Waals surface area (Å²) in [6, 6.07) is 3.66. The minimum atomic E-state index is -0.501. The van der Waals surface area contributed by atoms with Gasteiger partial charge in [0.15, 0.2) is 0 Å². The predicted octanol–water partition coefficient (Wildman–Crippen LogP) is 1.99. The van der Waals surface area contributed by atoms with E-state index in [-0.39, 0.29) is 11.3 Å². The van der Waals surface area contributed by atoms with Crippen LogP contribution in [0.3, 0.4) is 0 Å². The molecule has 1 fully saturated rings. The number of benzene rings is 1. The Balaban J connectivity index is 1.90. The molecule has 1 aliphatic rings. The van der Waals surface area contributed by atoms with E-state index in [1.807, 2.05) is 0 Å². The van der Waals surface area contributed by atoms with Gasteiger partial charge in [0.2, 0.25) is 0 Å². The van der Waals surface area contributed by atoms with E-state index >= 15 is 0 Å². The lowest BCUT2D eigenvalue weighted by Gasteiger charge is -2.21. The van der Waals surface area contributed by atoms with E-state index in [1.54, 1.807) is 0 Å². The normalized spacial score (nSPS) is 16.5. The summed E-state index contributed by atoms with van der Waals surface area (Å²) in [7, 11) is 0. The minimum Gasteiger partial charge on any atom is -0.462 e. The summed E-state index contributed by atoms with van der Waals surface area (Å²) >= 11 is 0. The van der Waals surface area contributed by atoms with Crippen LogP contribution in [-0.2, 0) is 9.47 Å². The number of hydrogen-bond donors (Lipinski definition) is 1. The molecule has 1 saturated heterocycles. The van der Waals surface area contributed by atoms with Gasteiger partial charge in [-0.2, -0.15) is 0 Å². The highest BCUT2D eigenvalue weighted by atomic mass is 19.1. The van der Waals surface area contributed by atoms with E-state index in [0.717, 1.165) is 18.9 Å². The minimum absolute atomic E-state index is 0.104. The molecule has 0 aromatic heterocycles. The van der Waals surface area contributed by atoms with Gasteiger partial charge in [0, 0.05) is 18.9 Å². The van der Waals surface area contributed by atoms with Gasteiger partial charge < -0.3 is 15.2 Å². The van der Waals surface area contributed by atoms with Gasteiger partial charge in [-0.25, -0.2) is 9.18 Å². The second kappa shape index (κ2) is 5.82. The third kappa shape index (κ3) is 3.20. The number of ether oxygens (including phenoxy) is 2. The molecule has 98 valence electrons. The number of rotatable bonds is 3. The quantitative estimate of drug-likeness (QED) is 0.661. The van der Waals surface area contributed by atoms with Gasteiger partial charge in [-0.05, 0) is 37.0 Å². The van der Waals surface area contributed by atoms with Crippen LogP contribution in [0.15, 0.2) is 18.2 Å². The first-order valence-corrected chi connectivity index (χ1v) is 5.96. The highest BCUT2D eigenvalue weighted by Gasteiger charge is 2.17. The predicted molar refractivity (Wildman–Crippen MR) is 64.6 cm³/mol. The lowest BCUT2D eigenvalue weighted by molar-refractivity contribution is 0.0186. The molecule has 4 nitrogen and oxygen atoms in total. The largest absolute Gasteiger partial charge is 0.462 e. The molecule has 0 aliphatic carbocycles. The van der Waals surface area contributed by atoms with Gasteiger partial charge in [-0.1, -0.05) is 0 Å². The van der Waals surface area contributed by atoms with E-state index in [2.05, 4.69) is 0 Å². The highest BCUT2D eigenvalue weighted by Crippen LogP contribution is 2.18. The lowest BCUT2D eigenvalue weighted by Crippen LogP contribution is -2.22. The average Bonchev–Trinajstić information content (AvgIpc) is 2.37. The molecule has 0 spiro atoms. The van der Waals surface area contributed by atoms with Gasteiger partial charge in [0.05, 0.1) is 12.2 Å². The summed E-state index contributed by atoms with van der Waals surface area (Å²) in [5.74, 6) is -0.628. The van der Waals surface area contributed by atoms with Gasteiger partial charge in [-0.15, -0.1) is 0 Å². The van der Waals surface area contributed by atoms with E-state index in [9.17, 15) is 9.18 Å². The van der Waals surface area contributed by atoms with Crippen molar-refractivity contribution in [3.63, 3.8) is 0 Å². The van der Waals surface area contributed by atoms with E-state index in [4.69, 9.17) is 15.2 Å². The number of halogens is 1. The van der Waals surface area contributed by atoms with Crippen LogP contribution >= 0.6 is 0 Å². The number of anilines is 1. The maximum atomic E-state index is 12.8. The van der Waals surface area contributed by atoms with Gasteiger partial charge in [0.1, 0.15) is 5.82 Å². The first-order valence-electron chi connectivity index (χ1n) is 5.96. The Morgan fingerprint density at radius 1 is 1.44 bits per heavy atom. The zero-order chi connectivity index (χ0) is 13.0. The fraction of sp³-hybridized carbons (Fsp3) is 0.462. The SMILES string of the molecule is Nc1cc(F)ccc1C(=O)OCC1CCOCC1. The van der Waals surface area contributed by atoms with Crippen molar-refractivity contribution < 1.29 is 18.7 Å². The molecule has 1 aromatic rings. The smallest absolute Gasteiger partial charge is 0.340 e. The Kier molecular flexibility index (Phi) is 4.15. The van der Waals surface area contributed by atoms with Crippen LogP contribution in [0.2, 0.25) is 0 Å². The van der Waals surface area contributed by atoms with Crippen LogP contribution in [0, 0.1) is 11.7 Å². The van der Waals surface area contributed by atoms with Gasteiger partial charge >= 0.3 is 5.97 Å². The van der Waals surface area contributed by atoms with Crippen molar-refractivity contribution in [3.8, 4) is 0 Å². The fourth-order valence-electron chi connectivity index (χ4n) is 1.90. The molecule has 1 aliphatic heterocycles.